The second-order valence-corrected chi connectivity index (χ2v) is 6.28. The third-order valence-electron chi connectivity index (χ3n) is 4.23. The smallest absolute Gasteiger partial charge is 0.266 e. The van der Waals surface area contributed by atoms with Crippen LogP contribution in [0.15, 0.2) is 59.4 Å². The largest absolute Gasteiger partial charge is 0.497 e. The summed E-state index contributed by atoms with van der Waals surface area (Å²) in [4.78, 5) is 24.0. The number of halogens is 2. The zero-order valence-corrected chi connectivity index (χ0v) is 15.7. The van der Waals surface area contributed by atoms with Crippen LogP contribution in [0, 0.1) is 11.6 Å². The fourth-order valence-corrected chi connectivity index (χ4v) is 2.72. The summed E-state index contributed by atoms with van der Waals surface area (Å²) in [5.74, 6) is -1.29. The van der Waals surface area contributed by atoms with Crippen molar-refractivity contribution in [3.8, 4) is 17.0 Å². The number of hydrogen-bond acceptors (Lipinski definition) is 4. The van der Waals surface area contributed by atoms with Gasteiger partial charge in [0.15, 0.2) is 0 Å². The Morgan fingerprint density at radius 2 is 1.86 bits per heavy atom. The number of nitrogens with one attached hydrogen (secondary N) is 1. The summed E-state index contributed by atoms with van der Waals surface area (Å²) in [6.45, 7) is 0.224. The van der Waals surface area contributed by atoms with Crippen LogP contribution in [0.4, 0.5) is 14.5 Å². The van der Waals surface area contributed by atoms with Crippen molar-refractivity contribution in [1.82, 2.24) is 9.78 Å². The lowest BCUT2D eigenvalue weighted by Gasteiger charge is -2.09. The van der Waals surface area contributed by atoms with Gasteiger partial charge < -0.3 is 10.1 Å². The molecule has 0 aliphatic carbocycles. The standard InChI is InChI=1S/C21H19F2N3O3/c1-29-16-7-4-14(5-8-16)18-10-11-21(28)26(25-18)12-2-3-20(27)24-19-9-6-15(22)13-17(19)23/h4-11,13H,2-3,12H2,1H3,(H,24,27). The van der Waals surface area contributed by atoms with Crippen molar-refractivity contribution in [2.75, 3.05) is 12.4 Å². The van der Waals surface area contributed by atoms with Gasteiger partial charge in [0, 0.05) is 30.7 Å². The van der Waals surface area contributed by atoms with E-state index in [4.69, 9.17) is 4.74 Å². The average molecular weight is 399 g/mol. The van der Waals surface area contributed by atoms with E-state index in [-0.39, 0.29) is 24.2 Å². The van der Waals surface area contributed by atoms with Gasteiger partial charge in [0.05, 0.1) is 18.5 Å². The summed E-state index contributed by atoms with van der Waals surface area (Å²) in [5.41, 5.74) is 1.06. The SMILES string of the molecule is COc1ccc(-c2ccc(=O)n(CCCC(=O)Nc3ccc(F)cc3F)n2)cc1. The third-order valence-corrected chi connectivity index (χ3v) is 4.23. The molecule has 1 aromatic heterocycles. The number of hydrogen-bond donors (Lipinski definition) is 1. The summed E-state index contributed by atoms with van der Waals surface area (Å²) in [7, 11) is 1.58. The molecule has 0 saturated carbocycles. The summed E-state index contributed by atoms with van der Waals surface area (Å²) < 4.78 is 32.9. The maximum Gasteiger partial charge on any atom is 0.266 e. The van der Waals surface area contributed by atoms with Gasteiger partial charge in [-0.05, 0) is 48.9 Å². The van der Waals surface area contributed by atoms with Crippen LogP contribution in [-0.4, -0.2) is 22.8 Å². The van der Waals surface area contributed by atoms with Crippen molar-refractivity contribution in [2.24, 2.45) is 0 Å². The molecule has 1 amide bonds. The van der Waals surface area contributed by atoms with Crippen molar-refractivity contribution >= 4 is 11.6 Å². The van der Waals surface area contributed by atoms with Crippen LogP contribution in [0.1, 0.15) is 12.8 Å². The van der Waals surface area contributed by atoms with E-state index < -0.39 is 17.5 Å². The molecular formula is C21H19F2N3O3. The molecule has 0 aliphatic heterocycles. The average Bonchev–Trinajstić information content (AvgIpc) is 2.71. The number of carbonyl (C=O) groups excluding carboxylic acids is 1. The number of amides is 1. The lowest BCUT2D eigenvalue weighted by Crippen LogP contribution is -2.23. The summed E-state index contributed by atoms with van der Waals surface area (Å²) >= 11 is 0. The van der Waals surface area contributed by atoms with E-state index in [1.54, 1.807) is 25.3 Å². The topological polar surface area (TPSA) is 73.2 Å². The lowest BCUT2D eigenvalue weighted by molar-refractivity contribution is -0.116. The van der Waals surface area contributed by atoms with Crippen LogP contribution in [-0.2, 0) is 11.3 Å². The Kier molecular flexibility index (Phi) is 6.33. The molecule has 0 bridgehead atoms. The zero-order valence-electron chi connectivity index (χ0n) is 15.7. The second kappa shape index (κ2) is 9.09. The first-order chi connectivity index (χ1) is 14.0. The fourth-order valence-electron chi connectivity index (χ4n) is 2.72. The summed E-state index contributed by atoms with van der Waals surface area (Å²) in [6.07, 6.45) is 0.380. The van der Waals surface area contributed by atoms with Crippen molar-refractivity contribution in [2.45, 2.75) is 19.4 Å². The Morgan fingerprint density at radius 3 is 2.55 bits per heavy atom. The Bertz CT molecular complexity index is 1070. The van der Waals surface area contributed by atoms with Crippen LogP contribution in [0.5, 0.6) is 5.75 Å². The van der Waals surface area contributed by atoms with Gasteiger partial charge in [-0.1, -0.05) is 0 Å². The molecule has 1 N–H and O–H groups in total. The number of carbonyl (C=O) groups is 1. The van der Waals surface area contributed by atoms with Crippen molar-refractivity contribution in [1.29, 1.82) is 0 Å². The molecule has 2 aromatic carbocycles. The number of aromatic nitrogens is 2. The van der Waals surface area contributed by atoms with Gasteiger partial charge in [-0.25, -0.2) is 13.5 Å². The van der Waals surface area contributed by atoms with Crippen molar-refractivity contribution < 1.29 is 18.3 Å². The maximum atomic E-state index is 13.6. The minimum Gasteiger partial charge on any atom is -0.497 e. The number of methoxy groups -OCH3 is 1. The lowest BCUT2D eigenvalue weighted by atomic mass is 10.1. The Balaban J connectivity index is 1.61. The van der Waals surface area contributed by atoms with Crippen LogP contribution in [0.3, 0.4) is 0 Å². The van der Waals surface area contributed by atoms with Gasteiger partial charge in [-0.15, -0.1) is 0 Å². The predicted molar refractivity (Wildman–Crippen MR) is 105 cm³/mol. The monoisotopic (exact) mass is 399 g/mol. The number of nitrogens with zero attached hydrogens (tertiary/aromatic N) is 2. The highest BCUT2D eigenvalue weighted by molar-refractivity contribution is 5.90. The van der Waals surface area contributed by atoms with Crippen molar-refractivity contribution in [3.05, 3.63) is 76.6 Å². The fraction of sp³-hybridized carbons (Fsp3) is 0.190. The molecule has 3 rings (SSSR count). The molecule has 0 radical (unpaired) electrons. The van der Waals surface area contributed by atoms with Crippen LogP contribution in [0.25, 0.3) is 11.3 Å². The van der Waals surface area contributed by atoms with E-state index in [1.165, 1.54) is 10.7 Å². The van der Waals surface area contributed by atoms with Gasteiger partial charge in [0.1, 0.15) is 17.4 Å². The summed E-state index contributed by atoms with van der Waals surface area (Å²) in [6, 6.07) is 13.2. The number of aryl methyl sites for hydroxylation is 1. The quantitative estimate of drug-likeness (QED) is 0.659. The van der Waals surface area contributed by atoms with E-state index in [0.29, 0.717) is 23.9 Å². The highest BCUT2D eigenvalue weighted by Gasteiger charge is 2.09. The first-order valence-electron chi connectivity index (χ1n) is 8.94. The molecule has 0 saturated heterocycles. The highest BCUT2D eigenvalue weighted by atomic mass is 19.1. The van der Waals surface area contributed by atoms with E-state index in [9.17, 15) is 18.4 Å². The van der Waals surface area contributed by atoms with Crippen LogP contribution >= 0.6 is 0 Å². The minimum absolute atomic E-state index is 0.0533. The molecule has 0 spiro atoms. The first-order valence-corrected chi connectivity index (χ1v) is 8.94. The molecule has 1 heterocycles. The number of benzene rings is 2. The predicted octanol–water partition coefficient (Wildman–Crippen LogP) is 3.62. The molecule has 0 atom stereocenters. The molecule has 0 aliphatic rings. The number of ether oxygens (including phenoxy) is 1. The van der Waals surface area contributed by atoms with E-state index >= 15 is 0 Å². The van der Waals surface area contributed by atoms with Crippen LogP contribution in [0.2, 0.25) is 0 Å². The van der Waals surface area contributed by atoms with Gasteiger partial charge in [0.25, 0.3) is 5.56 Å². The maximum absolute atomic E-state index is 13.6. The zero-order chi connectivity index (χ0) is 20.8. The first kappa shape index (κ1) is 20.2. The van der Waals surface area contributed by atoms with Crippen LogP contribution < -0.4 is 15.6 Å². The molecule has 29 heavy (non-hydrogen) atoms. The molecule has 8 heteroatoms. The normalized spacial score (nSPS) is 10.6. The molecule has 150 valence electrons. The van der Waals surface area contributed by atoms with Gasteiger partial charge >= 0.3 is 0 Å². The Hall–Kier alpha value is -3.55. The molecule has 0 unspecified atom stereocenters. The van der Waals surface area contributed by atoms with Gasteiger partial charge in [0.2, 0.25) is 5.91 Å². The van der Waals surface area contributed by atoms with Gasteiger partial charge in [-0.2, -0.15) is 5.10 Å². The second-order valence-electron chi connectivity index (χ2n) is 6.28. The molecule has 0 fully saturated rings. The summed E-state index contributed by atoms with van der Waals surface area (Å²) in [5, 5.41) is 6.72. The van der Waals surface area contributed by atoms with E-state index in [1.807, 2.05) is 12.1 Å². The molecule has 6 nitrogen and oxygen atoms in total. The van der Waals surface area contributed by atoms with Crippen molar-refractivity contribution in [3.63, 3.8) is 0 Å². The number of rotatable bonds is 7. The Labute approximate surface area is 165 Å². The van der Waals surface area contributed by atoms with E-state index in [2.05, 4.69) is 10.4 Å². The third kappa shape index (κ3) is 5.25. The molecule has 3 aromatic rings. The molecular weight excluding hydrogens is 380 g/mol. The highest BCUT2D eigenvalue weighted by Crippen LogP contribution is 2.19. The minimum atomic E-state index is -0.844. The Morgan fingerprint density at radius 1 is 1.10 bits per heavy atom. The number of anilines is 1. The van der Waals surface area contributed by atoms with E-state index in [0.717, 1.165) is 17.7 Å². The van der Waals surface area contributed by atoms with Gasteiger partial charge in [-0.3, -0.25) is 9.59 Å².